The Balaban J connectivity index is 4.08. The lowest BCUT2D eigenvalue weighted by Crippen LogP contribution is -2.37. The van der Waals surface area contributed by atoms with E-state index >= 15 is 0 Å². The van der Waals surface area contributed by atoms with Crippen LogP contribution in [0.4, 0.5) is 0 Å². The molecule has 0 rings (SSSR count). The lowest BCUT2D eigenvalue weighted by molar-refractivity contribution is -0.870. The van der Waals surface area contributed by atoms with Crippen LogP contribution in [0.5, 0.6) is 0 Å². The van der Waals surface area contributed by atoms with E-state index in [0.717, 1.165) is 128 Å². The van der Waals surface area contributed by atoms with E-state index in [9.17, 15) is 19.0 Å². The standard InChI is InChI=1S/C72H118NO8P/c1-6-8-10-12-14-16-18-20-22-24-25-26-27-28-29-30-31-32-33-34-35-36-37-38-39-40-41-42-43-44-45-46-47-49-51-53-55-57-59-61-63-65-72(75)81-70(69-80-82(76,77)79-67-66-73(3,4)5)68-78-71(74)64-62-60-58-56-54-52-50-48-23-21-19-17-15-13-11-9-7-2/h8-11,14-17,20-23,25-26,28-29,31-32,34-35,37-38,40-41,50,52,70H,6-7,12-13,18-19,24,27,30,33,36,39,42-49,51,53-69H2,1-5H3/p+1/b10-8-,11-9-,16-14-,17-15-,22-20-,23-21-,26-25-,29-28-,32-31-,35-34-,38-37-,41-40-,52-50-. The highest BCUT2D eigenvalue weighted by Crippen LogP contribution is 2.43. The van der Waals surface area contributed by atoms with Gasteiger partial charge in [0.15, 0.2) is 6.10 Å². The van der Waals surface area contributed by atoms with Crippen LogP contribution >= 0.6 is 7.82 Å². The number of ether oxygens (including phenoxy) is 2. The third-order valence-electron chi connectivity index (χ3n) is 13.1. The van der Waals surface area contributed by atoms with E-state index in [2.05, 4.69) is 172 Å². The lowest BCUT2D eigenvalue weighted by Gasteiger charge is -2.24. The van der Waals surface area contributed by atoms with E-state index in [0.29, 0.717) is 23.9 Å². The van der Waals surface area contributed by atoms with Gasteiger partial charge in [-0.25, -0.2) is 4.57 Å². The summed E-state index contributed by atoms with van der Waals surface area (Å²) in [7, 11) is 1.44. The van der Waals surface area contributed by atoms with Gasteiger partial charge in [0.05, 0.1) is 27.7 Å². The molecule has 0 bridgehead atoms. The molecule has 0 fully saturated rings. The van der Waals surface area contributed by atoms with Crippen molar-refractivity contribution in [2.45, 2.75) is 238 Å². The summed E-state index contributed by atoms with van der Waals surface area (Å²) in [6, 6.07) is 0. The lowest BCUT2D eigenvalue weighted by atomic mass is 10.0. The SMILES string of the molecule is CC/C=C\C/C=C\C/C=C\C/C=C\C/C=C\C/C=C\C/C=C\C/C=C\C/C=C\CCCCCCCCCCCCCCCC(=O)OC(COC(=O)CCCCCC/C=C\C/C=C\C/C=C\C/C=C\CC)COP(=O)(O)OCC[N+](C)(C)C. The monoisotopic (exact) mass is 1160 g/mol. The van der Waals surface area contributed by atoms with Crippen molar-refractivity contribution in [3.63, 3.8) is 0 Å². The maximum atomic E-state index is 12.8. The number of quaternary nitrogens is 1. The van der Waals surface area contributed by atoms with Gasteiger partial charge < -0.3 is 18.9 Å². The molecule has 0 aliphatic heterocycles. The number of allylic oxidation sites excluding steroid dienone is 26. The highest BCUT2D eigenvalue weighted by Gasteiger charge is 2.27. The zero-order valence-corrected chi connectivity index (χ0v) is 53.6. The first-order valence-corrected chi connectivity index (χ1v) is 33.7. The molecule has 0 amide bonds. The van der Waals surface area contributed by atoms with E-state index in [1.54, 1.807) is 0 Å². The third kappa shape index (κ3) is 64.8. The van der Waals surface area contributed by atoms with Crippen LogP contribution in [0.1, 0.15) is 232 Å². The molecule has 0 aliphatic rings. The van der Waals surface area contributed by atoms with Gasteiger partial charge in [-0.05, 0) is 122 Å². The zero-order chi connectivity index (χ0) is 59.8. The van der Waals surface area contributed by atoms with Crippen LogP contribution < -0.4 is 0 Å². The first kappa shape index (κ1) is 77.6. The van der Waals surface area contributed by atoms with Crippen LogP contribution in [0.25, 0.3) is 0 Å². The number of rotatable bonds is 57. The van der Waals surface area contributed by atoms with Gasteiger partial charge in [-0.1, -0.05) is 255 Å². The Morgan fingerprint density at radius 2 is 0.659 bits per heavy atom. The summed E-state index contributed by atoms with van der Waals surface area (Å²) in [5, 5.41) is 0. The smallest absolute Gasteiger partial charge is 0.462 e. The molecule has 82 heavy (non-hydrogen) atoms. The number of hydrogen-bond acceptors (Lipinski definition) is 7. The number of carbonyl (C=O) groups is 2. The normalized spacial score (nSPS) is 14.3. The molecule has 464 valence electrons. The molecule has 10 heteroatoms. The van der Waals surface area contributed by atoms with E-state index in [-0.39, 0.29) is 26.1 Å². The molecule has 2 unspecified atom stereocenters. The summed E-state index contributed by atoms with van der Waals surface area (Å²) >= 11 is 0. The van der Waals surface area contributed by atoms with Crippen molar-refractivity contribution in [3.05, 3.63) is 158 Å². The number of esters is 2. The molecule has 0 heterocycles. The Hall–Kier alpha value is -4.37. The number of phosphoric acid groups is 1. The average molecular weight is 1160 g/mol. The van der Waals surface area contributed by atoms with Crippen molar-refractivity contribution in [2.24, 2.45) is 0 Å². The minimum Gasteiger partial charge on any atom is -0.462 e. The highest BCUT2D eigenvalue weighted by molar-refractivity contribution is 7.47. The van der Waals surface area contributed by atoms with Gasteiger partial charge in [0.2, 0.25) is 0 Å². The fraction of sp³-hybridized carbons (Fsp3) is 0.611. The van der Waals surface area contributed by atoms with Crippen molar-refractivity contribution >= 4 is 19.8 Å². The van der Waals surface area contributed by atoms with Gasteiger partial charge in [-0.15, -0.1) is 0 Å². The minimum atomic E-state index is -4.40. The van der Waals surface area contributed by atoms with Crippen LogP contribution in [-0.2, 0) is 32.7 Å². The first-order valence-electron chi connectivity index (χ1n) is 32.2. The van der Waals surface area contributed by atoms with Crippen molar-refractivity contribution in [1.29, 1.82) is 0 Å². The second-order valence-corrected chi connectivity index (χ2v) is 23.5. The van der Waals surface area contributed by atoms with Crippen molar-refractivity contribution in [1.82, 2.24) is 0 Å². The second kappa shape index (κ2) is 61.2. The molecular weight excluding hydrogens is 1040 g/mol. The number of hydrogen-bond donors (Lipinski definition) is 1. The van der Waals surface area contributed by atoms with Gasteiger partial charge >= 0.3 is 19.8 Å². The predicted octanol–water partition coefficient (Wildman–Crippen LogP) is 20.8. The molecule has 2 atom stereocenters. The molecule has 0 aromatic rings. The number of likely N-dealkylation sites (N-methyl/N-ethyl adjacent to an activating group) is 1. The molecule has 0 radical (unpaired) electrons. The summed E-state index contributed by atoms with van der Waals surface area (Å²) < 4.78 is 34.6. The second-order valence-electron chi connectivity index (χ2n) is 22.0. The number of nitrogens with zero attached hydrogens (tertiary/aromatic N) is 1. The average Bonchev–Trinajstić information content (AvgIpc) is 3.45. The van der Waals surface area contributed by atoms with Gasteiger partial charge in [0.25, 0.3) is 0 Å². The highest BCUT2D eigenvalue weighted by atomic mass is 31.2. The molecule has 0 spiro atoms. The van der Waals surface area contributed by atoms with Crippen molar-refractivity contribution in [3.8, 4) is 0 Å². The first-order chi connectivity index (χ1) is 40.0. The molecule has 0 aliphatic carbocycles. The Bertz CT molecular complexity index is 1940. The minimum absolute atomic E-state index is 0.0199. The quantitative estimate of drug-likeness (QED) is 0.0211. The predicted molar refractivity (Wildman–Crippen MR) is 353 cm³/mol. The molecule has 0 saturated heterocycles. The van der Waals surface area contributed by atoms with Crippen LogP contribution in [0.15, 0.2) is 158 Å². The van der Waals surface area contributed by atoms with Gasteiger partial charge in [0, 0.05) is 12.8 Å². The van der Waals surface area contributed by atoms with Gasteiger partial charge in [-0.3, -0.25) is 18.6 Å². The maximum absolute atomic E-state index is 12.8. The van der Waals surface area contributed by atoms with E-state index in [1.807, 2.05) is 21.1 Å². The van der Waals surface area contributed by atoms with Gasteiger partial charge in [-0.2, -0.15) is 0 Å². The summed E-state index contributed by atoms with van der Waals surface area (Å²) in [5.74, 6) is -0.835. The number of unbranched alkanes of at least 4 members (excludes halogenated alkanes) is 17. The van der Waals surface area contributed by atoms with Crippen LogP contribution in [0.2, 0.25) is 0 Å². The Labute approximate surface area is 503 Å². The Morgan fingerprint density at radius 1 is 0.378 bits per heavy atom. The summed E-state index contributed by atoms with van der Waals surface area (Å²) in [5.41, 5.74) is 0. The third-order valence-corrected chi connectivity index (χ3v) is 14.0. The molecular formula is C72H119NO8P+. The van der Waals surface area contributed by atoms with Gasteiger partial charge in [0.1, 0.15) is 19.8 Å². The summed E-state index contributed by atoms with van der Waals surface area (Å²) in [6.07, 6.45) is 91.9. The van der Waals surface area contributed by atoms with E-state index in [1.165, 1.54) is 64.2 Å². The summed E-state index contributed by atoms with van der Waals surface area (Å²) in [4.78, 5) is 35.7. The molecule has 9 nitrogen and oxygen atoms in total. The van der Waals surface area contributed by atoms with Crippen LogP contribution in [0.3, 0.4) is 0 Å². The topological polar surface area (TPSA) is 108 Å². The maximum Gasteiger partial charge on any atom is 0.472 e. The summed E-state index contributed by atoms with van der Waals surface area (Å²) in [6.45, 7) is 4.16. The number of phosphoric ester groups is 1. The molecule has 0 aromatic heterocycles. The number of carbonyl (C=O) groups excluding carboxylic acids is 2. The molecule has 0 aromatic carbocycles. The van der Waals surface area contributed by atoms with Crippen LogP contribution in [-0.4, -0.2) is 74.9 Å². The van der Waals surface area contributed by atoms with Crippen LogP contribution in [0, 0.1) is 0 Å². The Kier molecular flexibility index (Phi) is 57.9. The Morgan fingerprint density at radius 3 is 0.976 bits per heavy atom. The van der Waals surface area contributed by atoms with E-state index in [4.69, 9.17) is 18.5 Å². The molecule has 0 saturated carbocycles. The van der Waals surface area contributed by atoms with Crippen molar-refractivity contribution in [2.75, 3.05) is 47.5 Å². The fourth-order valence-corrected chi connectivity index (χ4v) is 8.92. The van der Waals surface area contributed by atoms with Crippen molar-refractivity contribution < 1.29 is 42.1 Å². The zero-order valence-electron chi connectivity index (χ0n) is 52.7. The largest absolute Gasteiger partial charge is 0.472 e. The fourth-order valence-electron chi connectivity index (χ4n) is 8.18. The molecule has 1 N–H and O–H groups in total. The van der Waals surface area contributed by atoms with E-state index < -0.39 is 32.5 Å².